The fraction of sp³-hybridized carbons (Fsp3) is 0.200. The number of benzene rings is 2. The SMILES string of the molecule is Cc1ccc2c3cccnc3n3c4c[c]([Ge]([CH3])([CH3])[CH3])cc5cc[n+](C)c(c1c23)c54. The molecule has 29 heavy (non-hydrogen) atoms. The van der Waals surface area contributed by atoms with Gasteiger partial charge < -0.3 is 0 Å². The number of pyridine rings is 3. The van der Waals surface area contributed by atoms with Crippen molar-refractivity contribution in [3.63, 3.8) is 0 Å². The Morgan fingerprint density at radius 3 is 2.59 bits per heavy atom. The van der Waals surface area contributed by atoms with E-state index < -0.39 is 13.3 Å². The predicted octanol–water partition coefficient (Wildman–Crippen LogP) is 5.06. The van der Waals surface area contributed by atoms with Gasteiger partial charge in [0.1, 0.15) is 0 Å². The van der Waals surface area contributed by atoms with Gasteiger partial charge in [-0.25, -0.2) is 0 Å². The molecule has 3 nitrogen and oxygen atoms in total. The Morgan fingerprint density at radius 2 is 1.79 bits per heavy atom. The molecular formula is C25H24GeN3+. The fourth-order valence-corrected chi connectivity index (χ4v) is 7.39. The van der Waals surface area contributed by atoms with Crippen molar-refractivity contribution in [2.45, 2.75) is 24.2 Å². The molecule has 0 spiro atoms. The predicted molar refractivity (Wildman–Crippen MR) is 125 cm³/mol. The summed E-state index contributed by atoms with van der Waals surface area (Å²) < 4.78 is 6.26. The van der Waals surface area contributed by atoms with E-state index in [0.29, 0.717) is 0 Å². The second kappa shape index (κ2) is 5.48. The van der Waals surface area contributed by atoms with Crippen molar-refractivity contribution in [2.75, 3.05) is 0 Å². The maximum absolute atomic E-state index is 4.84. The number of aryl methyl sites for hydroxylation is 2. The first-order valence-corrected chi connectivity index (χ1v) is 17.6. The van der Waals surface area contributed by atoms with E-state index >= 15 is 0 Å². The van der Waals surface area contributed by atoms with Crippen LogP contribution in [0, 0.1) is 6.92 Å². The van der Waals surface area contributed by atoms with E-state index in [-0.39, 0.29) is 0 Å². The number of aromatic nitrogens is 3. The molecule has 6 rings (SSSR count). The Hall–Kier alpha value is -2.66. The molecule has 6 aromatic rings. The first-order chi connectivity index (χ1) is 13.9. The molecule has 0 atom stereocenters. The fourth-order valence-electron chi connectivity index (χ4n) is 4.96. The first kappa shape index (κ1) is 17.2. The van der Waals surface area contributed by atoms with Crippen LogP contribution in [0.1, 0.15) is 5.56 Å². The molecule has 142 valence electrons. The zero-order valence-electron chi connectivity index (χ0n) is 17.5. The van der Waals surface area contributed by atoms with E-state index in [2.05, 4.69) is 82.8 Å². The molecule has 0 aliphatic carbocycles. The minimum absolute atomic E-state index is 1.06. The first-order valence-electron chi connectivity index (χ1n) is 10.2. The van der Waals surface area contributed by atoms with Crippen LogP contribution in [0.5, 0.6) is 0 Å². The monoisotopic (exact) mass is 440 g/mol. The average Bonchev–Trinajstić information content (AvgIpc) is 3.02. The van der Waals surface area contributed by atoms with Crippen molar-refractivity contribution >= 4 is 66.8 Å². The Kier molecular flexibility index (Phi) is 3.26. The maximum atomic E-state index is 4.84. The van der Waals surface area contributed by atoms with E-state index in [1.807, 2.05) is 12.3 Å². The molecule has 4 heteroatoms. The second-order valence-corrected chi connectivity index (χ2v) is 20.0. The molecule has 0 aliphatic rings. The molecule has 4 heterocycles. The van der Waals surface area contributed by atoms with Crippen LogP contribution in [-0.4, -0.2) is 22.7 Å². The normalized spacial score (nSPS) is 13.0. The van der Waals surface area contributed by atoms with Crippen molar-refractivity contribution in [1.29, 1.82) is 0 Å². The van der Waals surface area contributed by atoms with Gasteiger partial charge in [0.2, 0.25) is 0 Å². The van der Waals surface area contributed by atoms with Gasteiger partial charge in [0.25, 0.3) is 0 Å². The Labute approximate surface area is 172 Å². The summed E-state index contributed by atoms with van der Waals surface area (Å²) in [6, 6.07) is 16.0. The van der Waals surface area contributed by atoms with Gasteiger partial charge in [-0.05, 0) is 0 Å². The zero-order chi connectivity index (χ0) is 20.1. The van der Waals surface area contributed by atoms with Gasteiger partial charge in [0.05, 0.1) is 0 Å². The van der Waals surface area contributed by atoms with Crippen LogP contribution < -0.4 is 8.96 Å². The van der Waals surface area contributed by atoms with Gasteiger partial charge in [-0.3, -0.25) is 0 Å². The Morgan fingerprint density at radius 1 is 0.966 bits per heavy atom. The average molecular weight is 439 g/mol. The summed E-state index contributed by atoms with van der Waals surface area (Å²) in [5.74, 6) is 7.42. The molecular weight excluding hydrogens is 415 g/mol. The third-order valence-electron chi connectivity index (χ3n) is 6.46. The van der Waals surface area contributed by atoms with Crippen molar-refractivity contribution in [1.82, 2.24) is 9.38 Å². The summed E-state index contributed by atoms with van der Waals surface area (Å²) in [5, 5.41) is 6.54. The number of hydrogen-bond acceptors (Lipinski definition) is 1. The quantitative estimate of drug-likeness (QED) is 0.152. The van der Waals surface area contributed by atoms with E-state index in [0.717, 1.165) is 5.65 Å². The summed E-state index contributed by atoms with van der Waals surface area (Å²) in [6.45, 7) is 2.23. The van der Waals surface area contributed by atoms with Crippen LogP contribution in [0.3, 0.4) is 0 Å². The number of rotatable bonds is 1. The Balaban J connectivity index is 2.08. The molecule has 0 amide bonds. The molecule has 2 aromatic carbocycles. The van der Waals surface area contributed by atoms with Crippen LogP contribution in [-0.2, 0) is 7.05 Å². The summed E-state index contributed by atoms with van der Waals surface area (Å²) in [4.78, 5) is 4.84. The van der Waals surface area contributed by atoms with Crippen LogP contribution in [0.15, 0.2) is 54.9 Å². The molecule has 0 bridgehead atoms. The van der Waals surface area contributed by atoms with E-state index in [1.54, 1.807) is 0 Å². The molecule has 0 N–H and O–H groups in total. The molecule has 0 saturated heterocycles. The van der Waals surface area contributed by atoms with Gasteiger partial charge in [0, 0.05) is 0 Å². The molecule has 0 fully saturated rings. The summed E-state index contributed by atoms with van der Waals surface area (Å²) >= 11 is -2.02. The Bertz CT molecular complexity index is 1600. The molecule has 0 saturated carbocycles. The van der Waals surface area contributed by atoms with Gasteiger partial charge >= 0.3 is 172 Å². The molecule has 4 aromatic heterocycles. The standard InChI is InChI=1S/C25H24GeN3/c1-15-8-9-18-19-7-6-11-27-25(19)29-20-14-17(26(2,3)4)13-16-10-12-28(5)24(22(16)20)21(15)23(18)29/h6-14H,1-5H3/q+1. The van der Waals surface area contributed by atoms with E-state index in [9.17, 15) is 0 Å². The van der Waals surface area contributed by atoms with E-state index in [4.69, 9.17) is 4.98 Å². The number of fused-ring (bicyclic) bond motifs is 5. The topological polar surface area (TPSA) is 21.2 Å². The van der Waals surface area contributed by atoms with Crippen LogP contribution in [0.2, 0.25) is 17.3 Å². The van der Waals surface area contributed by atoms with Crippen LogP contribution >= 0.6 is 0 Å². The van der Waals surface area contributed by atoms with E-state index in [1.165, 1.54) is 53.4 Å². The molecule has 0 aliphatic heterocycles. The number of hydrogen-bond donors (Lipinski definition) is 0. The third-order valence-corrected chi connectivity index (χ3v) is 10.7. The van der Waals surface area contributed by atoms with Gasteiger partial charge in [-0.1, -0.05) is 0 Å². The summed E-state index contributed by atoms with van der Waals surface area (Å²) in [5.41, 5.74) is 6.29. The van der Waals surface area contributed by atoms with Crippen molar-refractivity contribution in [3.8, 4) is 0 Å². The minimum atomic E-state index is -2.02. The second-order valence-electron chi connectivity index (χ2n) is 9.35. The number of nitrogens with zero attached hydrogens (tertiary/aromatic N) is 3. The van der Waals surface area contributed by atoms with Crippen molar-refractivity contribution in [2.24, 2.45) is 7.05 Å². The van der Waals surface area contributed by atoms with Gasteiger partial charge in [0.15, 0.2) is 0 Å². The summed E-state index contributed by atoms with van der Waals surface area (Å²) in [7, 11) is 2.17. The van der Waals surface area contributed by atoms with Crippen molar-refractivity contribution < 1.29 is 4.57 Å². The van der Waals surface area contributed by atoms with Gasteiger partial charge in [-0.2, -0.15) is 0 Å². The third kappa shape index (κ3) is 2.14. The summed E-state index contributed by atoms with van der Waals surface area (Å²) in [6.07, 6.45) is 4.14. The zero-order valence-corrected chi connectivity index (χ0v) is 19.6. The van der Waals surface area contributed by atoms with Crippen molar-refractivity contribution in [3.05, 3.63) is 60.4 Å². The van der Waals surface area contributed by atoms with Crippen LogP contribution in [0.25, 0.3) is 49.1 Å². The van der Waals surface area contributed by atoms with Crippen LogP contribution in [0.4, 0.5) is 0 Å². The van der Waals surface area contributed by atoms with Gasteiger partial charge in [-0.15, -0.1) is 0 Å². The molecule has 0 radical (unpaired) electrons. The molecule has 0 unspecified atom stereocenters.